The van der Waals surface area contributed by atoms with E-state index in [0.29, 0.717) is 77.1 Å². The van der Waals surface area contributed by atoms with Crippen LogP contribution in [0.4, 0.5) is 10.2 Å². The summed E-state index contributed by atoms with van der Waals surface area (Å²) in [5.74, 6) is 0.432. The number of furan rings is 1. The number of carbonyl (C=O) groups excluding carboxylic acids is 1. The van der Waals surface area contributed by atoms with Crippen molar-refractivity contribution in [3.63, 3.8) is 0 Å². The SMILES string of the molecule is C=CC(=O)N1CCN(c2nc(=O)n3c4c(c5c(cc24)oc2cccc(F)c25)OCC3)CC1. The van der Waals surface area contributed by atoms with Crippen LogP contribution in [0.1, 0.15) is 0 Å². The summed E-state index contributed by atoms with van der Waals surface area (Å²) >= 11 is 0. The van der Waals surface area contributed by atoms with Gasteiger partial charge in [0.2, 0.25) is 5.91 Å². The molecular weight excluding hydrogens is 415 g/mol. The fraction of sp³-hybridized carbons (Fsp3) is 0.261. The van der Waals surface area contributed by atoms with E-state index in [1.807, 2.05) is 11.0 Å². The van der Waals surface area contributed by atoms with E-state index in [1.54, 1.807) is 21.6 Å². The average molecular weight is 434 g/mol. The van der Waals surface area contributed by atoms with Crippen molar-refractivity contribution >= 4 is 44.6 Å². The number of halogens is 1. The molecule has 2 aromatic heterocycles. The third kappa shape index (κ3) is 2.57. The van der Waals surface area contributed by atoms with Crippen LogP contribution in [0.2, 0.25) is 0 Å². The molecule has 0 bridgehead atoms. The smallest absolute Gasteiger partial charge is 0.350 e. The van der Waals surface area contributed by atoms with Gasteiger partial charge in [0.05, 0.1) is 22.8 Å². The number of piperazine rings is 1. The number of benzene rings is 2. The largest absolute Gasteiger partial charge is 0.489 e. The van der Waals surface area contributed by atoms with Crippen molar-refractivity contribution in [1.29, 1.82) is 0 Å². The summed E-state index contributed by atoms with van der Waals surface area (Å²) in [7, 11) is 0. The van der Waals surface area contributed by atoms with Crippen molar-refractivity contribution in [2.75, 3.05) is 37.7 Å². The van der Waals surface area contributed by atoms with E-state index in [9.17, 15) is 14.0 Å². The van der Waals surface area contributed by atoms with Crippen molar-refractivity contribution in [1.82, 2.24) is 14.5 Å². The number of ether oxygens (including phenoxy) is 1. The normalized spacial score (nSPS) is 16.0. The molecular formula is C23H19FN4O4. The van der Waals surface area contributed by atoms with Crippen LogP contribution in [-0.4, -0.2) is 53.1 Å². The summed E-state index contributed by atoms with van der Waals surface area (Å²) in [6.07, 6.45) is 1.30. The molecule has 1 amide bonds. The van der Waals surface area contributed by atoms with E-state index in [-0.39, 0.29) is 18.2 Å². The van der Waals surface area contributed by atoms with Crippen molar-refractivity contribution in [2.45, 2.75) is 6.54 Å². The van der Waals surface area contributed by atoms with Gasteiger partial charge in [-0.2, -0.15) is 4.98 Å². The first-order valence-corrected chi connectivity index (χ1v) is 10.4. The predicted octanol–water partition coefficient (Wildman–Crippen LogP) is 2.66. The molecule has 0 spiro atoms. The molecule has 0 radical (unpaired) electrons. The Balaban J connectivity index is 1.60. The van der Waals surface area contributed by atoms with Crippen LogP contribution in [0.5, 0.6) is 5.75 Å². The molecule has 2 aromatic carbocycles. The van der Waals surface area contributed by atoms with Crippen LogP contribution < -0.4 is 15.3 Å². The van der Waals surface area contributed by atoms with Gasteiger partial charge in [0.25, 0.3) is 0 Å². The fourth-order valence-electron chi connectivity index (χ4n) is 4.73. The van der Waals surface area contributed by atoms with Crippen molar-refractivity contribution in [3.8, 4) is 5.75 Å². The Morgan fingerprint density at radius 3 is 2.72 bits per heavy atom. The number of hydrogen-bond acceptors (Lipinski definition) is 6. The number of hydrogen-bond donors (Lipinski definition) is 0. The Labute approximate surface area is 181 Å². The second-order valence-corrected chi connectivity index (χ2v) is 7.92. The molecule has 0 aliphatic carbocycles. The quantitative estimate of drug-likeness (QED) is 0.452. The number of rotatable bonds is 2. The molecule has 0 N–H and O–H groups in total. The first-order valence-electron chi connectivity index (χ1n) is 10.4. The molecule has 2 aliphatic rings. The molecule has 9 heteroatoms. The van der Waals surface area contributed by atoms with Crippen LogP contribution in [-0.2, 0) is 11.3 Å². The van der Waals surface area contributed by atoms with E-state index < -0.39 is 5.82 Å². The van der Waals surface area contributed by atoms with Crippen molar-refractivity contribution in [3.05, 3.63) is 53.2 Å². The molecule has 8 nitrogen and oxygen atoms in total. The van der Waals surface area contributed by atoms with Gasteiger partial charge < -0.3 is 19.0 Å². The van der Waals surface area contributed by atoms with Gasteiger partial charge in [-0.25, -0.2) is 9.18 Å². The van der Waals surface area contributed by atoms with Gasteiger partial charge in [0.15, 0.2) is 5.75 Å². The van der Waals surface area contributed by atoms with Crippen molar-refractivity contribution < 1.29 is 18.3 Å². The lowest BCUT2D eigenvalue weighted by Crippen LogP contribution is -2.49. The van der Waals surface area contributed by atoms with Crippen molar-refractivity contribution in [2.24, 2.45) is 0 Å². The average Bonchev–Trinajstić information content (AvgIpc) is 3.20. The van der Waals surface area contributed by atoms with Gasteiger partial charge >= 0.3 is 5.69 Å². The Morgan fingerprint density at radius 1 is 1.12 bits per heavy atom. The first-order chi connectivity index (χ1) is 15.6. The molecule has 0 saturated carbocycles. The van der Waals surface area contributed by atoms with Crippen LogP contribution in [0.15, 0.2) is 46.1 Å². The van der Waals surface area contributed by atoms with Gasteiger partial charge in [0, 0.05) is 31.6 Å². The molecule has 1 saturated heterocycles. The number of nitrogens with zero attached hydrogens (tertiary/aromatic N) is 4. The van der Waals surface area contributed by atoms with Crippen LogP contribution >= 0.6 is 0 Å². The van der Waals surface area contributed by atoms with E-state index in [4.69, 9.17) is 9.15 Å². The van der Waals surface area contributed by atoms with Gasteiger partial charge in [-0.05, 0) is 24.3 Å². The highest BCUT2D eigenvalue weighted by Crippen LogP contribution is 2.44. The number of anilines is 1. The zero-order chi connectivity index (χ0) is 22.0. The second kappa shape index (κ2) is 6.81. The molecule has 6 rings (SSSR count). The zero-order valence-corrected chi connectivity index (χ0v) is 17.1. The van der Waals surface area contributed by atoms with E-state index >= 15 is 0 Å². The van der Waals surface area contributed by atoms with E-state index in [1.165, 1.54) is 12.1 Å². The summed E-state index contributed by atoms with van der Waals surface area (Å²) in [4.78, 5) is 32.9. The molecule has 0 unspecified atom stereocenters. The van der Waals surface area contributed by atoms with Crippen LogP contribution in [0, 0.1) is 5.82 Å². The molecule has 0 atom stereocenters. The zero-order valence-electron chi connectivity index (χ0n) is 17.1. The second-order valence-electron chi connectivity index (χ2n) is 7.92. The summed E-state index contributed by atoms with van der Waals surface area (Å²) in [5, 5.41) is 1.57. The van der Waals surface area contributed by atoms with Gasteiger partial charge in [-0.3, -0.25) is 9.36 Å². The highest BCUT2D eigenvalue weighted by Gasteiger charge is 2.29. The van der Waals surface area contributed by atoms with E-state index in [2.05, 4.69) is 11.6 Å². The molecule has 4 aromatic rings. The summed E-state index contributed by atoms with van der Waals surface area (Å²) in [6.45, 7) is 6.23. The minimum Gasteiger partial charge on any atom is -0.489 e. The minimum absolute atomic E-state index is 0.117. The lowest BCUT2D eigenvalue weighted by Gasteiger charge is -2.35. The Hall–Kier alpha value is -3.88. The minimum atomic E-state index is -0.405. The van der Waals surface area contributed by atoms with Crippen LogP contribution in [0.3, 0.4) is 0 Å². The summed E-state index contributed by atoms with van der Waals surface area (Å²) in [5.41, 5.74) is 1.10. The van der Waals surface area contributed by atoms with Gasteiger partial charge in [0.1, 0.15) is 29.4 Å². The van der Waals surface area contributed by atoms with E-state index in [0.717, 1.165) is 0 Å². The standard InChI is InChI=1S/C23H19FN4O4/c1-2-17(29)26-6-8-27(9-7-26)22-13-12-16-19(18-14(24)4-3-5-15(18)32-16)21-20(13)28(10-11-31-21)23(30)25-22/h2-5,12H,1,6-11H2. The number of aromatic nitrogens is 2. The summed E-state index contributed by atoms with van der Waals surface area (Å²) in [6, 6.07) is 6.49. The maximum Gasteiger partial charge on any atom is 0.350 e. The van der Waals surface area contributed by atoms with Crippen LogP contribution in [0.25, 0.3) is 32.8 Å². The predicted molar refractivity (Wildman–Crippen MR) is 118 cm³/mol. The van der Waals surface area contributed by atoms with Gasteiger partial charge in [-0.15, -0.1) is 0 Å². The third-order valence-corrected chi connectivity index (χ3v) is 6.23. The number of carbonyl (C=O) groups is 1. The Morgan fingerprint density at radius 2 is 1.94 bits per heavy atom. The lowest BCUT2D eigenvalue weighted by molar-refractivity contribution is -0.126. The topological polar surface area (TPSA) is 80.8 Å². The molecule has 162 valence electrons. The summed E-state index contributed by atoms with van der Waals surface area (Å²) < 4.78 is 28.3. The monoisotopic (exact) mass is 434 g/mol. The van der Waals surface area contributed by atoms with Gasteiger partial charge in [-0.1, -0.05) is 12.6 Å². The first kappa shape index (κ1) is 18.9. The Bertz CT molecular complexity index is 1500. The molecule has 4 heterocycles. The lowest BCUT2D eigenvalue weighted by atomic mass is 10.1. The fourth-order valence-corrected chi connectivity index (χ4v) is 4.73. The third-order valence-electron chi connectivity index (χ3n) is 6.23. The maximum absolute atomic E-state index is 14.7. The number of amides is 1. The highest BCUT2D eigenvalue weighted by molar-refractivity contribution is 6.16. The molecule has 2 aliphatic heterocycles. The highest BCUT2D eigenvalue weighted by atomic mass is 19.1. The maximum atomic E-state index is 14.7. The molecule has 1 fully saturated rings. The number of fused-ring (bicyclic) bond motifs is 4. The Kier molecular flexibility index (Phi) is 4.01. The molecule has 32 heavy (non-hydrogen) atoms.